The maximum Gasteiger partial charge on any atom is 0.233 e. The van der Waals surface area contributed by atoms with Gasteiger partial charge < -0.3 is 0 Å². The van der Waals surface area contributed by atoms with E-state index in [-0.39, 0.29) is 19.8 Å². The lowest BCUT2D eigenvalue weighted by Crippen LogP contribution is -2.01. The highest BCUT2D eigenvalue weighted by atomic mass is 32.2. The first-order valence-corrected chi connectivity index (χ1v) is 13.2. The molecule has 158 valence electrons. The number of benzene rings is 3. The molecule has 5 nitrogen and oxygen atoms in total. The van der Waals surface area contributed by atoms with E-state index in [0.717, 1.165) is 17.6 Å². The van der Waals surface area contributed by atoms with Crippen molar-refractivity contribution in [1.82, 2.24) is 4.98 Å². The smallest absolute Gasteiger partial charge is 0.224 e. The van der Waals surface area contributed by atoms with E-state index in [1.807, 2.05) is 0 Å². The van der Waals surface area contributed by atoms with E-state index >= 15 is 0 Å². The third-order valence-electron chi connectivity index (χ3n) is 4.54. The molecule has 0 bridgehead atoms. The van der Waals surface area contributed by atoms with E-state index < -0.39 is 25.5 Å². The van der Waals surface area contributed by atoms with Crippen molar-refractivity contribution in [3.8, 4) is 21.7 Å². The van der Waals surface area contributed by atoms with Crippen LogP contribution in [0.2, 0.25) is 0 Å². The highest BCUT2D eigenvalue weighted by Crippen LogP contribution is 2.42. The van der Waals surface area contributed by atoms with Crippen LogP contribution in [0.4, 0.5) is 4.39 Å². The van der Waals surface area contributed by atoms with Crippen LogP contribution in [0.5, 0.6) is 0 Å². The number of thiazole rings is 1. The highest BCUT2D eigenvalue weighted by Gasteiger charge is 2.27. The number of nitrogens with zero attached hydrogens (tertiary/aromatic N) is 1. The van der Waals surface area contributed by atoms with Gasteiger partial charge in [0.1, 0.15) is 5.82 Å². The molecule has 0 saturated heterocycles. The van der Waals surface area contributed by atoms with Crippen molar-refractivity contribution < 1.29 is 21.2 Å². The molecule has 0 amide bonds. The summed E-state index contributed by atoms with van der Waals surface area (Å²) < 4.78 is 64.4. The lowest BCUT2D eigenvalue weighted by Gasteiger charge is -2.08. The van der Waals surface area contributed by atoms with Crippen molar-refractivity contribution in [2.24, 2.45) is 0 Å². The fourth-order valence-electron chi connectivity index (χ4n) is 3.08. The monoisotopic (exact) mass is 473 g/mol. The second-order valence-electron chi connectivity index (χ2n) is 6.75. The fraction of sp³-hybridized carbons (Fsp3) is 0.0455. The minimum absolute atomic E-state index is 0.0608. The Hall–Kier alpha value is -2.88. The molecule has 9 heteroatoms. The van der Waals surface area contributed by atoms with Crippen LogP contribution in [0.3, 0.4) is 0 Å². The molecule has 0 radical (unpaired) electrons. The number of hydrogen-bond acceptors (Lipinski definition) is 6. The average molecular weight is 474 g/mol. The van der Waals surface area contributed by atoms with Crippen molar-refractivity contribution in [3.63, 3.8) is 0 Å². The molecule has 1 aromatic heterocycles. The molecule has 4 rings (SSSR count). The topological polar surface area (TPSA) is 81.2 Å². The van der Waals surface area contributed by atoms with Gasteiger partial charge in [-0.2, -0.15) is 0 Å². The SMILES string of the molecule is CS(=O)(=O)c1ccccc1-c1sc(S(=O)(=O)c2ccccc2)nc1-c1ccc(F)cc1. The Kier molecular flexibility index (Phi) is 5.50. The Morgan fingerprint density at radius 3 is 2.06 bits per heavy atom. The summed E-state index contributed by atoms with van der Waals surface area (Å²) in [5.74, 6) is -0.450. The molecule has 0 fully saturated rings. The number of sulfone groups is 2. The number of rotatable bonds is 5. The summed E-state index contributed by atoms with van der Waals surface area (Å²) in [5.41, 5.74) is 1.09. The lowest BCUT2D eigenvalue weighted by molar-refractivity contribution is 0.595. The van der Waals surface area contributed by atoms with E-state index in [1.54, 1.807) is 36.4 Å². The van der Waals surface area contributed by atoms with Crippen molar-refractivity contribution >= 4 is 31.0 Å². The van der Waals surface area contributed by atoms with Crippen LogP contribution in [0.1, 0.15) is 0 Å². The van der Waals surface area contributed by atoms with Crippen LogP contribution in [0.15, 0.2) is 93.0 Å². The molecule has 1 heterocycles. The zero-order chi connectivity index (χ0) is 22.2. The van der Waals surface area contributed by atoms with Gasteiger partial charge in [0.05, 0.1) is 20.4 Å². The molecule has 0 aliphatic carbocycles. The van der Waals surface area contributed by atoms with Gasteiger partial charge in [-0.05, 0) is 42.5 Å². The molecule has 4 aromatic rings. The second-order valence-corrected chi connectivity index (χ2v) is 11.9. The predicted molar refractivity (Wildman–Crippen MR) is 118 cm³/mol. The standard InChI is InChI=1S/C22H16FNO4S3/c1-30(25,26)19-10-6-5-9-18(19)21-20(15-11-13-16(23)14-12-15)24-22(29-21)31(27,28)17-7-3-2-4-8-17/h2-14H,1H3. The van der Waals surface area contributed by atoms with Gasteiger partial charge in [0.25, 0.3) is 0 Å². The van der Waals surface area contributed by atoms with Crippen molar-refractivity contribution in [3.05, 3.63) is 84.7 Å². The van der Waals surface area contributed by atoms with Crippen LogP contribution in [0, 0.1) is 5.82 Å². The summed E-state index contributed by atoms with van der Waals surface area (Å²) in [6.45, 7) is 0. The minimum atomic E-state index is -3.93. The maximum atomic E-state index is 13.5. The summed E-state index contributed by atoms with van der Waals surface area (Å²) in [7, 11) is -7.53. The fourth-order valence-corrected chi connectivity index (χ4v) is 6.81. The van der Waals surface area contributed by atoms with Crippen LogP contribution < -0.4 is 0 Å². The van der Waals surface area contributed by atoms with Crippen LogP contribution in [0.25, 0.3) is 21.7 Å². The van der Waals surface area contributed by atoms with Gasteiger partial charge in [0, 0.05) is 17.4 Å². The van der Waals surface area contributed by atoms with Gasteiger partial charge in [0.15, 0.2) is 9.84 Å². The maximum absolute atomic E-state index is 13.5. The predicted octanol–water partition coefficient (Wildman–Crippen LogP) is 4.85. The third kappa shape index (κ3) is 4.16. The molecular weight excluding hydrogens is 457 g/mol. The largest absolute Gasteiger partial charge is 0.233 e. The number of aromatic nitrogens is 1. The van der Waals surface area contributed by atoms with Crippen LogP contribution >= 0.6 is 11.3 Å². The number of halogens is 1. The Balaban J connectivity index is 2.01. The van der Waals surface area contributed by atoms with Gasteiger partial charge >= 0.3 is 0 Å². The summed E-state index contributed by atoms with van der Waals surface area (Å²) >= 11 is 0.886. The molecule has 0 N–H and O–H groups in total. The van der Waals surface area contributed by atoms with Crippen molar-refractivity contribution in [2.45, 2.75) is 14.1 Å². The Bertz CT molecular complexity index is 1460. The van der Waals surface area contributed by atoms with Gasteiger partial charge in [-0.25, -0.2) is 26.2 Å². The molecule has 31 heavy (non-hydrogen) atoms. The summed E-state index contributed by atoms with van der Waals surface area (Å²) in [6.07, 6.45) is 1.09. The minimum Gasteiger partial charge on any atom is -0.224 e. The van der Waals surface area contributed by atoms with Gasteiger partial charge in [-0.3, -0.25) is 0 Å². The zero-order valence-corrected chi connectivity index (χ0v) is 18.6. The Morgan fingerprint density at radius 1 is 0.806 bits per heavy atom. The zero-order valence-electron chi connectivity index (χ0n) is 16.2. The molecule has 0 aliphatic heterocycles. The molecule has 0 saturated carbocycles. The molecule has 0 atom stereocenters. The van der Waals surface area contributed by atoms with Crippen LogP contribution in [-0.2, 0) is 19.7 Å². The second kappa shape index (κ2) is 7.99. The van der Waals surface area contributed by atoms with E-state index in [2.05, 4.69) is 4.98 Å². The van der Waals surface area contributed by atoms with Gasteiger partial charge in [0.2, 0.25) is 14.2 Å². The quantitative estimate of drug-likeness (QED) is 0.414. The van der Waals surface area contributed by atoms with Gasteiger partial charge in [-0.1, -0.05) is 36.4 Å². The lowest BCUT2D eigenvalue weighted by atomic mass is 10.1. The average Bonchev–Trinajstić information content (AvgIpc) is 3.20. The van der Waals surface area contributed by atoms with E-state index in [1.165, 1.54) is 42.5 Å². The molecule has 0 aliphatic rings. The van der Waals surface area contributed by atoms with E-state index in [0.29, 0.717) is 16.0 Å². The third-order valence-corrected chi connectivity index (χ3v) is 8.93. The molecule has 0 spiro atoms. The highest BCUT2D eigenvalue weighted by molar-refractivity contribution is 7.93. The first-order chi connectivity index (χ1) is 14.7. The first-order valence-electron chi connectivity index (χ1n) is 9.04. The number of hydrogen-bond donors (Lipinski definition) is 0. The molecule has 0 unspecified atom stereocenters. The summed E-state index contributed by atoms with van der Waals surface area (Å²) in [4.78, 5) is 4.89. The summed E-state index contributed by atoms with van der Waals surface area (Å²) in [6, 6.07) is 19.7. The molecular formula is C22H16FNO4S3. The van der Waals surface area contributed by atoms with Crippen LogP contribution in [-0.4, -0.2) is 28.1 Å². The summed E-state index contributed by atoms with van der Waals surface area (Å²) in [5, 5.41) is 0. The van der Waals surface area contributed by atoms with E-state index in [9.17, 15) is 21.2 Å². The normalized spacial score (nSPS) is 12.1. The Morgan fingerprint density at radius 2 is 1.42 bits per heavy atom. The van der Waals surface area contributed by atoms with E-state index in [4.69, 9.17) is 0 Å². The molecule has 3 aromatic carbocycles. The van der Waals surface area contributed by atoms with Gasteiger partial charge in [-0.15, -0.1) is 11.3 Å². The van der Waals surface area contributed by atoms with Crippen molar-refractivity contribution in [2.75, 3.05) is 6.26 Å². The Labute approximate surface area is 183 Å². The first kappa shape index (κ1) is 21.4. The van der Waals surface area contributed by atoms with Crippen molar-refractivity contribution in [1.29, 1.82) is 0 Å².